The Kier molecular flexibility index (Phi) is 3.93. The molecule has 1 aromatic heterocycles. The van der Waals surface area contributed by atoms with E-state index in [-0.39, 0.29) is 5.92 Å². The van der Waals surface area contributed by atoms with Gasteiger partial charge in [0.1, 0.15) is 0 Å². The molecule has 0 fully saturated rings. The fourth-order valence-electron chi connectivity index (χ4n) is 2.41. The van der Waals surface area contributed by atoms with Crippen molar-refractivity contribution in [3.05, 3.63) is 100 Å². The second kappa shape index (κ2) is 6.02. The fraction of sp³-hybridized carbons (Fsp3) is 0.0556. The number of rotatable bonds is 3. The molecule has 0 aliphatic rings. The molecule has 0 saturated carbocycles. The summed E-state index contributed by atoms with van der Waals surface area (Å²) in [5.41, 5.74) is 3.54. The van der Waals surface area contributed by atoms with Gasteiger partial charge in [-0.2, -0.15) is 0 Å². The SMILES string of the molecule is Brc1ccccc1C(c1ccccc1)c1ccccn1. The molecule has 0 bridgehead atoms. The number of pyridine rings is 1. The van der Waals surface area contributed by atoms with Crippen molar-refractivity contribution in [3.8, 4) is 0 Å². The molecule has 98 valence electrons. The Bertz CT molecular complexity index is 641. The molecule has 0 amide bonds. The van der Waals surface area contributed by atoms with E-state index in [4.69, 9.17) is 0 Å². The monoisotopic (exact) mass is 323 g/mol. The van der Waals surface area contributed by atoms with E-state index in [1.165, 1.54) is 11.1 Å². The van der Waals surface area contributed by atoms with E-state index in [1.807, 2.05) is 30.5 Å². The topological polar surface area (TPSA) is 12.9 Å². The van der Waals surface area contributed by atoms with Gasteiger partial charge in [-0.15, -0.1) is 0 Å². The fourth-order valence-corrected chi connectivity index (χ4v) is 2.92. The number of halogens is 1. The summed E-state index contributed by atoms with van der Waals surface area (Å²) in [4.78, 5) is 4.55. The van der Waals surface area contributed by atoms with E-state index in [9.17, 15) is 0 Å². The lowest BCUT2D eigenvalue weighted by molar-refractivity contribution is 0.913. The van der Waals surface area contributed by atoms with E-state index in [0.717, 1.165) is 10.2 Å². The molecule has 3 rings (SSSR count). The molecule has 3 aromatic rings. The van der Waals surface area contributed by atoms with Crippen molar-refractivity contribution in [1.29, 1.82) is 0 Å². The van der Waals surface area contributed by atoms with Crippen LogP contribution in [0.2, 0.25) is 0 Å². The van der Waals surface area contributed by atoms with Gasteiger partial charge in [-0.1, -0.05) is 70.5 Å². The van der Waals surface area contributed by atoms with Crippen molar-refractivity contribution in [2.45, 2.75) is 5.92 Å². The Morgan fingerprint density at radius 3 is 2.15 bits per heavy atom. The summed E-state index contributed by atoms with van der Waals surface area (Å²) in [6.07, 6.45) is 1.85. The van der Waals surface area contributed by atoms with Crippen LogP contribution in [0, 0.1) is 0 Å². The van der Waals surface area contributed by atoms with E-state index < -0.39 is 0 Å². The van der Waals surface area contributed by atoms with E-state index in [1.54, 1.807) is 0 Å². The molecule has 1 atom stereocenters. The van der Waals surface area contributed by atoms with Crippen LogP contribution in [-0.2, 0) is 0 Å². The summed E-state index contributed by atoms with van der Waals surface area (Å²) in [6, 6.07) is 24.9. The molecular weight excluding hydrogens is 310 g/mol. The molecule has 0 aliphatic carbocycles. The zero-order valence-electron chi connectivity index (χ0n) is 10.9. The average Bonchev–Trinajstić information content (AvgIpc) is 2.52. The van der Waals surface area contributed by atoms with Gasteiger partial charge < -0.3 is 0 Å². The minimum absolute atomic E-state index is 0.146. The molecule has 0 saturated heterocycles. The highest BCUT2D eigenvalue weighted by Crippen LogP contribution is 2.34. The molecule has 1 unspecified atom stereocenters. The van der Waals surface area contributed by atoms with Gasteiger partial charge in [-0.05, 0) is 29.3 Å². The predicted octanol–water partition coefficient (Wildman–Crippen LogP) is 5.02. The van der Waals surface area contributed by atoms with Crippen LogP contribution in [0.15, 0.2) is 83.5 Å². The van der Waals surface area contributed by atoms with Gasteiger partial charge in [0.15, 0.2) is 0 Å². The smallest absolute Gasteiger partial charge is 0.0524 e. The summed E-state index contributed by atoms with van der Waals surface area (Å²) in [5.74, 6) is 0.146. The Balaban J connectivity index is 2.17. The number of hydrogen-bond acceptors (Lipinski definition) is 1. The zero-order valence-corrected chi connectivity index (χ0v) is 12.5. The minimum Gasteiger partial charge on any atom is -0.260 e. The van der Waals surface area contributed by atoms with Crippen LogP contribution in [0.4, 0.5) is 0 Å². The Hall–Kier alpha value is -1.93. The molecule has 20 heavy (non-hydrogen) atoms. The number of hydrogen-bond donors (Lipinski definition) is 0. The third kappa shape index (κ3) is 2.66. The number of aromatic nitrogens is 1. The van der Waals surface area contributed by atoms with Crippen molar-refractivity contribution in [1.82, 2.24) is 4.98 Å². The van der Waals surface area contributed by atoms with Gasteiger partial charge >= 0.3 is 0 Å². The van der Waals surface area contributed by atoms with Crippen LogP contribution in [-0.4, -0.2) is 4.98 Å². The lowest BCUT2D eigenvalue weighted by Gasteiger charge is -2.19. The van der Waals surface area contributed by atoms with Crippen LogP contribution >= 0.6 is 15.9 Å². The highest BCUT2D eigenvalue weighted by molar-refractivity contribution is 9.10. The first-order chi connectivity index (χ1) is 9.86. The second-order valence-electron chi connectivity index (χ2n) is 4.62. The van der Waals surface area contributed by atoms with Crippen molar-refractivity contribution in [2.75, 3.05) is 0 Å². The van der Waals surface area contributed by atoms with Crippen LogP contribution in [0.3, 0.4) is 0 Å². The van der Waals surface area contributed by atoms with E-state index in [2.05, 4.69) is 69.4 Å². The average molecular weight is 324 g/mol. The van der Waals surface area contributed by atoms with Crippen molar-refractivity contribution in [2.24, 2.45) is 0 Å². The number of nitrogens with zero attached hydrogens (tertiary/aromatic N) is 1. The predicted molar refractivity (Wildman–Crippen MR) is 85.8 cm³/mol. The van der Waals surface area contributed by atoms with Gasteiger partial charge in [-0.3, -0.25) is 4.98 Å². The molecule has 0 spiro atoms. The summed E-state index contributed by atoms with van der Waals surface area (Å²) in [6.45, 7) is 0. The van der Waals surface area contributed by atoms with Crippen molar-refractivity contribution >= 4 is 15.9 Å². The highest BCUT2D eigenvalue weighted by Gasteiger charge is 2.19. The molecule has 0 radical (unpaired) electrons. The lowest BCUT2D eigenvalue weighted by Crippen LogP contribution is -2.05. The summed E-state index contributed by atoms with van der Waals surface area (Å²) in [7, 11) is 0. The number of benzene rings is 2. The molecular formula is C18H14BrN. The first-order valence-corrected chi connectivity index (χ1v) is 7.36. The molecule has 1 nitrogen and oxygen atoms in total. The van der Waals surface area contributed by atoms with E-state index >= 15 is 0 Å². The van der Waals surface area contributed by atoms with E-state index in [0.29, 0.717) is 0 Å². The van der Waals surface area contributed by atoms with Crippen LogP contribution < -0.4 is 0 Å². The summed E-state index contributed by atoms with van der Waals surface area (Å²) < 4.78 is 1.11. The van der Waals surface area contributed by atoms with Gasteiger partial charge in [0, 0.05) is 10.7 Å². The van der Waals surface area contributed by atoms with Gasteiger partial charge in [0.05, 0.1) is 11.6 Å². The molecule has 2 heteroatoms. The molecule has 0 N–H and O–H groups in total. The maximum atomic E-state index is 4.55. The lowest BCUT2D eigenvalue weighted by atomic mass is 9.88. The maximum absolute atomic E-state index is 4.55. The Labute approximate surface area is 127 Å². The quantitative estimate of drug-likeness (QED) is 0.659. The first kappa shape index (κ1) is 13.1. The molecule has 2 aromatic carbocycles. The molecule has 0 aliphatic heterocycles. The largest absolute Gasteiger partial charge is 0.260 e. The summed E-state index contributed by atoms with van der Waals surface area (Å²) in [5, 5.41) is 0. The molecule has 1 heterocycles. The Morgan fingerprint density at radius 1 is 0.750 bits per heavy atom. The zero-order chi connectivity index (χ0) is 13.8. The van der Waals surface area contributed by atoms with Gasteiger partial charge in [-0.25, -0.2) is 0 Å². The van der Waals surface area contributed by atoms with Crippen LogP contribution in [0.25, 0.3) is 0 Å². The third-order valence-corrected chi connectivity index (χ3v) is 4.05. The van der Waals surface area contributed by atoms with Crippen molar-refractivity contribution < 1.29 is 0 Å². The second-order valence-corrected chi connectivity index (χ2v) is 5.47. The van der Waals surface area contributed by atoms with Gasteiger partial charge in [0.2, 0.25) is 0 Å². The summed E-state index contributed by atoms with van der Waals surface area (Å²) >= 11 is 3.66. The third-order valence-electron chi connectivity index (χ3n) is 3.33. The van der Waals surface area contributed by atoms with Gasteiger partial charge in [0.25, 0.3) is 0 Å². The Morgan fingerprint density at radius 2 is 1.45 bits per heavy atom. The van der Waals surface area contributed by atoms with Crippen LogP contribution in [0.5, 0.6) is 0 Å². The van der Waals surface area contributed by atoms with Crippen LogP contribution in [0.1, 0.15) is 22.7 Å². The van der Waals surface area contributed by atoms with Crippen molar-refractivity contribution in [3.63, 3.8) is 0 Å². The maximum Gasteiger partial charge on any atom is 0.0524 e. The standard InChI is InChI=1S/C18H14BrN/c19-16-11-5-4-10-15(16)18(14-8-2-1-3-9-14)17-12-6-7-13-20-17/h1-13,18H. The first-order valence-electron chi connectivity index (χ1n) is 6.56. The minimum atomic E-state index is 0.146. The normalized spacial score (nSPS) is 12.1. The highest BCUT2D eigenvalue weighted by atomic mass is 79.9.